The first-order valence-electron chi connectivity index (χ1n) is 6.51. The second kappa shape index (κ2) is 6.22. The van der Waals surface area contributed by atoms with Gasteiger partial charge in [-0.05, 0) is 48.8 Å². The van der Waals surface area contributed by atoms with Gasteiger partial charge in [-0.25, -0.2) is 9.97 Å². The zero-order valence-electron chi connectivity index (χ0n) is 12.1. The summed E-state index contributed by atoms with van der Waals surface area (Å²) in [5.41, 5.74) is 0.989. The minimum atomic E-state index is -0.246. The molecule has 0 saturated heterocycles. The molecule has 1 amide bonds. The van der Waals surface area contributed by atoms with Crippen molar-refractivity contribution < 1.29 is 4.79 Å². The SMILES string of the molecule is CC(C)(C)Nc1ncc(C(=O)Nc2ccccc2Br)cn1. The molecule has 0 bridgehead atoms. The van der Waals surface area contributed by atoms with E-state index in [-0.39, 0.29) is 11.4 Å². The highest BCUT2D eigenvalue weighted by atomic mass is 79.9. The molecule has 6 heteroatoms. The molecule has 0 saturated carbocycles. The molecule has 21 heavy (non-hydrogen) atoms. The Morgan fingerprint density at radius 3 is 2.33 bits per heavy atom. The summed E-state index contributed by atoms with van der Waals surface area (Å²) in [5, 5.41) is 5.95. The molecule has 110 valence electrons. The molecular formula is C15H17BrN4O. The molecule has 2 rings (SSSR count). The van der Waals surface area contributed by atoms with E-state index in [1.165, 1.54) is 12.4 Å². The first-order chi connectivity index (χ1) is 9.85. The van der Waals surface area contributed by atoms with E-state index in [9.17, 15) is 4.79 Å². The van der Waals surface area contributed by atoms with Crippen LogP contribution in [0.2, 0.25) is 0 Å². The maximum absolute atomic E-state index is 12.1. The second-order valence-corrected chi connectivity index (χ2v) is 6.46. The summed E-state index contributed by atoms with van der Waals surface area (Å²) >= 11 is 3.39. The van der Waals surface area contributed by atoms with Crippen molar-refractivity contribution in [1.29, 1.82) is 0 Å². The van der Waals surface area contributed by atoms with Crippen molar-refractivity contribution in [2.75, 3.05) is 10.6 Å². The Bertz CT molecular complexity index is 635. The highest BCUT2D eigenvalue weighted by molar-refractivity contribution is 9.10. The standard InChI is InChI=1S/C15H17BrN4O/c1-15(2,3)20-14-17-8-10(9-18-14)13(21)19-12-7-5-4-6-11(12)16/h4-9H,1-3H3,(H,19,21)(H,17,18,20). The van der Waals surface area contributed by atoms with Gasteiger partial charge in [-0.3, -0.25) is 4.79 Å². The van der Waals surface area contributed by atoms with Gasteiger partial charge in [0.15, 0.2) is 0 Å². The Hall–Kier alpha value is -1.95. The van der Waals surface area contributed by atoms with Gasteiger partial charge in [-0.15, -0.1) is 0 Å². The lowest BCUT2D eigenvalue weighted by Gasteiger charge is -2.20. The number of nitrogens with zero attached hydrogens (tertiary/aromatic N) is 2. The molecule has 0 aliphatic carbocycles. The van der Waals surface area contributed by atoms with Crippen molar-refractivity contribution in [2.45, 2.75) is 26.3 Å². The van der Waals surface area contributed by atoms with E-state index >= 15 is 0 Å². The Kier molecular flexibility index (Phi) is 4.57. The van der Waals surface area contributed by atoms with E-state index in [1.807, 2.05) is 45.0 Å². The maximum atomic E-state index is 12.1. The lowest BCUT2D eigenvalue weighted by molar-refractivity contribution is 0.102. The smallest absolute Gasteiger partial charge is 0.258 e. The van der Waals surface area contributed by atoms with Gasteiger partial charge in [0.25, 0.3) is 5.91 Å². The molecule has 1 aromatic carbocycles. The van der Waals surface area contributed by atoms with Gasteiger partial charge in [0.1, 0.15) is 0 Å². The molecule has 0 spiro atoms. The normalized spacial score (nSPS) is 11.0. The van der Waals surface area contributed by atoms with Gasteiger partial charge in [0.2, 0.25) is 5.95 Å². The van der Waals surface area contributed by atoms with Gasteiger partial charge in [0.05, 0.1) is 11.3 Å². The third-order valence-electron chi connectivity index (χ3n) is 2.52. The molecule has 5 nitrogen and oxygen atoms in total. The van der Waals surface area contributed by atoms with E-state index in [2.05, 4.69) is 36.5 Å². The number of rotatable bonds is 3. The predicted molar refractivity (Wildman–Crippen MR) is 87.5 cm³/mol. The Labute approximate surface area is 132 Å². The van der Waals surface area contributed by atoms with E-state index in [4.69, 9.17) is 0 Å². The Morgan fingerprint density at radius 2 is 1.76 bits per heavy atom. The number of halogens is 1. The largest absolute Gasteiger partial charge is 0.350 e. The first-order valence-corrected chi connectivity index (χ1v) is 7.30. The topological polar surface area (TPSA) is 66.9 Å². The van der Waals surface area contributed by atoms with Gasteiger partial charge in [0, 0.05) is 22.4 Å². The molecule has 0 fully saturated rings. The van der Waals surface area contributed by atoms with E-state index in [1.54, 1.807) is 0 Å². The van der Waals surface area contributed by atoms with Crippen LogP contribution in [0.1, 0.15) is 31.1 Å². The fraction of sp³-hybridized carbons (Fsp3) is 0.267. The molecule has 1 heterocycles. The summed E-state index contributed by atoms with van der Waals surface area (Å²) in [4.78, 5) is 20.4. The van der Waals surface area contributed by atoms with Crippen LogP contribution in [0, 0.1) is 0 Å². The molecule has 0 radical (unpaired) electrons. The Balaban J connectivity index is 2.08. The highest BCUT2D eigenvalue weighted by Crippen LogP contribution is 2.21. The average molecular weight is 349 g/mol. The molecule has 2 aromatic rings. The summed E-state index contributed by atoms with van der Waals surface area (Å²) in [6, 6.07) is 7.42. The van der Waals surface area contributed by atoms with Gasteiger partial charge < -0.3 is 10.6 Å². The minimum absolute atomic E-state index is 0.126. The number of hydrogen-bond donors (Lipinski definition) is 2. The van der Waals surface area contributed by atoms with Crippen LogP contribution < -0.4 is 10.6 Å². The summed E-state index contributed by atoms with van der Waals surface area (Å²) in [6.45, 7) is 6.05. The molecule has 0 unspecified atom stereocenters. The molecule has 1 aromatic heterocycles. The summed E-state index contributed by atoms with van der Waals surface area (Å²) in [7, 11) is 0. The average Bonchev–Trinajstić information content (AvgIpc) is 2.40. The number of carbonyl (C=O) groups is 1. The second-order valence-electron chi connectivity index (χ2n) is 5.60. The lowest BCUT2D eigenvalue weighted by atomic mass is 10.1. The number of carbonyl (C=O) groups excluding carboxylic acids is 1. The van der Waals surface area contributed by atoms with Crippen LogP contribution in [0.3, 0.4) is 0 Å². The van der Waals surface area contributed by atoms with Crippen LogP contribution in [0.4, 0.5) is 11.6 Å². The molecule has 0 aliphatic rings. The molecule has 2 N–H and O–H groups in total. The minimum Gasteiger partial charge on any atom is -0.350 e. The molecular weight excluding hydrogens is 332 g/mol. The predicted octanol–water partition coefficient (Wildman–Crippen LogP) is 3.70. The fourth-order valence-electron chi connectivity index (χ4n) is 1.60. The number of nitrogens with one attached hydrogen (secondary N) is 2. The molecule has 0 aliphatic heterocycles. The Morgan fingerprint density at radius 1 is 1.14 bits per heavy atom. The summed E-state index contributed by atoms with van der Waals surface area (Å²) in [6.07, 6.45) is 3.01. The highest BCUT2D eigenvalue weighted by Gasteiger charge is 2.13. The quantitative estimate of drug-likeness (QED) is 0.887. The van der Waals surface area contributed by atoms with E-state index in [0.29, 0.717) is 17.2 Å². The van der Waals surface area contributed by atoms with Crippen molar-refractivity contribution in [1.82, 2.24) is 9.97 Å². The monoisotopic (exact) mass is 348 g/mol. The van der Waals surface area contributed by atoms with Crippen LogP contribution in [-0.2, 0) is 0 Å². The zero-order valence-corrected chi connectivity index (χ0v) is 13.7. The van der Waals surface area contributed by atoms with Gasteiger partial charge >= 0.3 is 0 Å². The van der Waals surface area contributed by atoms with E-state index < -0.39 is 0 Å². The third-order valence-corrected chi connectivity index (χ3v) is 3.21. The summed E-state index contributed by atoms with van der Waals surface area (Å²) in [5.74, 6) is 0.254. The maximum Gasteiger partial charge on any atom is 0.258 e. The zero-order chi connectivity index (χ0) is 15.5. The van der Waals surface area contributed by atoms with E-state index in [0.717, 1.165) is 4.47 Å². The van der Waals surface area contributed by atoms with Crippen LogP contribution in [0.25, 0.3) is 0 Å². The van der Waals surface area contributed by atoms with Crippen molar-refractivity contribution in [2.24, 2.45) is 0 Å². The number of hydrogen-bond acceptors (Lipinski definition) is 4. The number of anilines is 2. The van der Waals surface area contributed by atoms with Crippen LogP contribution in [-0.4, -0.2) is 21.4 Å². The number of amides is 1. The van der Waals surface area contributed by atoms with Gasteiger partial charge in [-0.2, -0.15) is 0 Å². The van der Waals surface area contributed by atoms with Gasteiger partial charge in [-0.1, -0.05) is 12.1 Å². The van der Waals surface area contributed by atoms with Crippen molar-refractivity contribution in [3.8, 4) is 0 Å². The number of para-hydroxylation sites is 1. The first kappa shape index (κ1) is 15.4. The van der Waals surface area contributed by atoms with Crippen LogP contribution >= 0.6 is 15.9 Å². The molecule has 0 atom stereocenters. The van der Waals surface area contributed by atoms with Crippen LogP contribution in [0.5, 0.6) is 0 Å². The number of benzene rings is 1. The lowest BCUT2D eigenvalue weighted by Crippen LogP contribution is -2.27. The summed E-state index contributed by atoms with van der Waals surface area (Å²) < 4.78 is 0.824. The van der Waals surface area contributed by atoms with Crippen molar-refractivity contribution >= 4 is 33.5 Å². The van der Waals surface area contributed by atoms with Crippen LogP contribution in [0.15, 0.2) is 41.1 Å². The fourth-order valence-corrected chi connectivity index (χ4v) is 1.99. The van der Waals surface area contributed by atoms with Crippen molar-refractivity contribution in [3.05, 3.63) is 46.7 Å². The number of aromatic nitrogens is 2. The third kappa shape index (κ3) is 4.53. The van der Waals surface area contributed by atoms with Crippen molar-refractivity contribution in [3.63, 3.8) is 0 Å².